The lowest BCUT2D eigenvalue weighted by Gasteiger charge is -2.24. The van der Waals surface area contributed by atoms with Crippen molar-refractivity contribution < 1.29 is 29.1 Å². The van der Waals surface area contributed by atoms with Gasteiger partial charge in [0.15, 0.2) is 11.5 Å². The van der Waals surface area contributed by atoms with E-state index in [0.29, 0.717) is 35.1 Å². The molecule has 0 atom stereocenters. The molecule has 7 heteroatoms. The number of aromatic nitrogens is 1. The SMILES string of the molecule is Cc1cc(C(=O)c2ccc3c(c2)OCO3)n(C/C=C/c2cccc(OC(C)(C)COO)c2)c1. The van der Waals surface area contributed by atoms with Crippen LogP contribution >= 0.6 is 0 Å². The normalized spacial score (nSPS) is 13.0. The molecule has 7 nitrogen and oxygen atoms in total. The predicted molar refractivity (Wildman–Crippen MR) is 124 cm³/mol. The van der Waals surface area contributed by atoms with Crippen molar-refractivity contribution in [3.8, 4) is 17.2 Å². The second-order valence-corrected chi connectivity index (χ2v) is 8.56. The van der Waals surface area contributed by atoms with Gasteiger partial charge in [-0.05, 0) is 68.3 Å². The van der Waals surface area contributed by atoms with Crippen molar-refractivity contribution in [2.45, 2.75) is 32.9 Å². The van der Waals surface area contributed by atoms with Crippen molar-refractivity contribution >= 4 is 11.9 Å². The predicted octanol–water partition coefficient (Wildman–Crippen LogP) is 5.12. The highest BCUT2D eigenvalue weighted by Gasteiger charge is 2.21. The first-order valence-electron chi connectivity index (χ1n) is 10.7. The number of carbonyl (C=O) groups is 1. The second-order valence-electron chi connectivity index (χ2n) is 8.56. The maximum Gasteiger partial charge on any atom is 0.231 e. The zero-order valence-electron chi connectivity index (χ0n) is 18.9. The third-order valence-corrected chi connectivity index (χ3v) is 5.18. The molecular weight excluding hydrogens is 422 g/mol. The van der Waals surface area contributed by atoms with Crippen LogP contribution in [0.2, 0.25) is 0 Å². The van der Waals surface area contributed by atoms with Crippen LogP contribution in [0.1, 0.15) is 41.0 Å². The molecule has 0 radical (unpaired) electrons. The Morgan fingerprint density at radius 2 is 1.97 bits per heavy atom. The van der Waals surface area contributed by atoms with Crippen molar-refractivity contribution in [3.05, 3.63) is 83.2 Å². The summed E-state index contributed by atoms with van der Waals surface area (Å²) < 4.78 is 18.6. The monoisotopic (exact) mass is 449 g/mol. The maximum absolute atomic E-state index is 13.2. The number of nitrogens with zero attached hydrogens (tertiary/aromatic N) is 1. The van der Waals surface area contributed by atoms with Gasteiger partial charge in [-0.25, -0.2) is 4.89 Å². The number of hydrogen-bond acceptors (Lipinski definition) is 6. The fourth-order valence-corrected chi connectivity index (χ4v) is 3.67. The molecule has 0 fully saturated rings. The molecule has 1 aliphatic heterocycles. The van der Waals surface area contributed by atoms with Crippen LogP contribution < -0.4 is 14.2 Å². The number of carbonyl (C=O) groups excluding carboxylic acids is 1. The molecule has 0 spiro atoms. The van der Waals surface area contributed by atoms with Gasteiger partial charge >= 0.3 is 0 Å². The Morgan fingerprint density at radius 3 is 2.79 bits per heavy atom. The smallest absolute Gasteiger partial charge is 0.231 e. The molecule has 33 heavy (non-hydrogen) atoms. The summed E-state index contributed by atoms with van der Waals surface area (Å²) in [6.45, 7) is 6.40. The summed E-state index contributed by atoms with van der Waals surface area (Å²) in [4.78, 5) is 17.4. The van der Waals surface area contributed by atoms with Crippen LogP contribution in [0.4, 0.5) is 0 Å². The first kappa shape index (κ1) is 22.6. The Kier molecular flexibility index (Phi) is 6.53. The van der Waals surface area contributed by atoms with Crippen molar-refractivity contribution in [2.75, 3.05) is 13.4 Å². The molecule has 0 unspecified atom stereocenters. The van der Waals surface area contributed by atoms with E-state index in [1.165, 1.54) is 0 Å². The molecule has 1 aromatic heterocycles. The summed E-state index contributed by atoms with van der Waals surface area (Å²) in [5.41, 5.74) is 2.47. The van der Waals surface area contributed by atoms with Crippen LogP contribution in [0.15, 0.2) is 60.8 Å². The molecule has 2 aromatic carbocycles. The van der Waals surface area contributed by atoms with Crippen LogP contribution in [-0.4, -0.2) is 34.6 Å². The fraction of sp³-hybridized carbons (Fsp3) is 0.269. The molecule has 0 saturated carbocycles. The van der Waals surface area contributed by atoms with E-state index in [4.69, 9.17) is 19.5 Å². The largest absolute Gasteiger partial charge is 0.485 e. The molecule has 0 saturated heterocycles. The molecule has 2 heterocycles. The van der Waals surface area contributed by atoms with Crippen molar-refractivity contribution in [1.82, 2.24) is 4.57 Å². The lowest BCUT2D eigenvalue weighted by molar-refractivity contribution is -0.264. The highest BCUT2D eigenvalue weighted by atomic mass is 17.1. The van der Waals surface area contributed by atoms with Crippen LogP contribution in [0.25, 0.3) is 6.08 Å². The van der Waals surface area contributed by atoms with Gasteiger partial charge in [0, 0.05) is 18.3 Å². The van der Waals surface area contributed by atoms with Crippen LogP contribution in [0.5, 0.6) is 17.2 Å². The summed E-state index contributed by atoms with van der Waals surface area (Å²) in [6.07, 6.45) is 5.94. The van der Waals surface area contributed by atoms with Crippen molar-refractivity contribution in [2.24, 2.45) is 0 Å². The van der Waals surface area contributed by atoms with E-state index in [1.807, 2.05) is 74.0 Å². The number of fused-ring (bicyclic) bond motifs is 1. The fourth-order valence-electron chi connectivity index (χ4n) is 3.67. The highest BCUT2D eigenvalue weighted by Crippen LogP contribution is 2.33. The van der Waals surface area contributed by atoms with E-state index < -0.39 is 5.60 Å². The summed E-state index contributed by atoms with van der Waals surface area (Å²) in [5, 5.41) is 8.71. The average Bonchev–Trinajstić information content (AvgIpc) is 3.38. The van der Waals surface area contributed by atoms with Gasteiger partial charge < -0.3 is 18.8 Å². The van der Waals surface area contributed by atoms with Crippen molar-refractivity contribution in [1.29, 1.82) is 0 Å². The molecule has 3 aromatic rings. The van der Waals surface area contributed by atoms with Gasteiger partial charge in [0.2, 0.25) is 12.6 Å². The zero-order valence-corrected chi connectivity index (χ0v) is 18.9. The van der Waals surface area contributed by atoms with Gasteiger partial charge in [0.05, 0.1) is 5.69 Å². The molecule has 0 amide bonds. The minimum Gasteiger partial charge on any atom is -0.485 e. The summed E-state index contributed by atoms with van der Waals surface area (Å²) in [7, 11) is 0. The number of rotatable bonds is 9. The average molecular weight is 450 g/mol. The molecular formula is C26H27NO6. The third-order valence-electron chi connectivity index (χ3n) is 5.18. The molecule has 172 valence electrons. The highest BCUT2D eigenvalue weighted by molar-refractivity contribution is 6.08. The Hall–Kier alpha value is -3.55. The number of aryl methyl sites for hydroxylation is 1. The number of allylic oxidation sites excluding steroid dienone is 1. The number of ether oxygens (including phenoxy) is 3. The van der Waals surface area contributed by atoms with Gasteiger partial charge in [-0.3, -0.25) is 10.1 Å². The molecule has 0 bridgehead atoms. The summed E-state index contributed by atoms with van der Waals surface area (Å²) in [5.74, 6) is 1.85. The summed E-state index contributed by atoms with van der Waals surface area (Å²) in [6, 6.07) is 14.8. The second kappa shape index (κ2) is 9.52. The van der Waals surface area contributed by atoms with E-state index in [9.17, 15) is 4.79 Å². The van der Waals surface area contributed by atoms with E-state index in [1.54, 1.807) is 18.2 Å². The van der Waals surface area contributed by atoms with Gasteiger partial charge in [-0.15, -0.1) is 0 Å². The number of ketones is 1. The van der Waals surface area contributed by atoms with Crippen LogP contribution in [-0.2, 0) is 11.4 Å². The lowest BCUT2D eigenvalue weighted by Crippen LogP contribution is -2.33. The molecule has 0 aliphatic carbocycles. The van der Waals surface area contributed by atoms with E-state index >= 15 is 0 Å². The number of benzene rings is 2. The molecule has 1 N–H and O–H groups in total. The minimum absolute atomic E-state index is 0.0558. The van der Waals surface area contributed by atoms with Gasteiger partial charge in [0.25, 0.3) is 0 Å². The lowest BCUT2D eigenvalue weighted by atomic mass is 10.1. The number of hydrogen-bond donors (Lipinski definition) is 1. The Labute approximate surface area is 192 Å². The first-order valence-corrected chi connectivity index (χ1v) is 10.7. The summed E-state index contributed by atoms with van der Waals surface area (Å²) >= 11 is 0. The third kappa shape index (κ3) is 5.45. The minimum atomic E-state index is -0.663. The molecule has 1 aliphatic rings. The van der Waals surface area contributed by atoms with E-state index in [2.05, 4.69) is 4.89 Å². The standard InChI is InChI=1S/C26H27NO6/c1-18-12-22(25(28)20-9-10-23-24(14-20)31-17-30-23)27(15-18)11-5-7-19-6-4-8-21(13-19)33-26(2,3)16-32-29/h4-10,12-15,29H,11,16-17H2,1-3H3/b7-5+. The Balaban J connectivity index is 1.48. The first-order chi connectivity index (χ1) is 15.8. The van der Waals surface area contributed by atoms with Gasteiger partial charge in [-0.1, -0.05) is 24.3 Å². The van der Waals surface area contributed by atoms with Gasteiger partial charge in [0.1, 0.15) is 18.0 Å². The van der Waals surface area contributed by atoms with Crippen LogP contribution in [0.3, 0.4) is 0 Å². The maximum atomic E-state index is 13.2. The Bertz CT molecular complexity index is 1180. The molecule has 4 rings (SSSR count). The van der Waals surface area contributed by atoms with E-state index in [0.717, 1.165) is 11.1 Å². The Morgan fingerprint density at radius 1 is 1.15 bits per heavy atom. The van der Waals surface area contributed by atoms with E-state index in [-0.39, 0.29) is 19.2 Å². The topological polar surface area (TPSA) is 79.2 Å². The van der Waals surface area contributed by atoms with Crippen molar-refractivity contribution in [3.63, 3.8) is 0 Å². The van der Waals surface area contributed by atoms with Gasteiger partial charge in [-0.2, -0.15) is 0 Å². The van der Waals surface area contributed by atoms with Crippen LogP contribution in [0, 0.1) is 6.92 Å². The quantitative estimate of drug-likeness (QED) is 0.278. The zero-order chi connectivity index (χ0) is 23.4.